The summed E-state index contributed by atoms with van der Waals surface area (Å²) in [7, 11) is 0. The number of nitrogens with zero attached hydrogens (tertiary/aromatic N) is 2. The lowest BCUT2D eigenvalue weighted by Gasteiger charge is -2.28. The number of rotatable bonds is 2. The fraction of sp³-hybridized carbons (Fsp3) is 0.611. The SMILES string of the molecule is Cc1cc(F)c(C(F)(F)F)nc1NC(=O)[C@@H]1C[C@H](C)CN1C(=O)OC(C)(C)C. The number of hydrogen-bond acceptors (Lipinski definition) is 4. The highest BCUT2D eigenvalue weighted by Crippen LogP contribution is 2.32. The maximum atomic E-state index is 13.6. The Kier molecular flexibility index (Phi) is 5.91. The summed E-state index contributed by atoms with van der Waals surface area (Å²) in [6.07, 6.45) is -5.36. The van der Waals surface area contributed by atoms with Crippen LogP contribution in [0.15, 0.2) is 6.07 Å². The molecule has 1 aliphatic rings. The molecule has 0 bridgehead atoms. The lowest BCUT2D eigenvalue weighted by Crippen LogP contribution is -2.45. The number of likely N-dealkylation sites (tertiary alicyclic amines) is 1. The molecule has 0 spiro atoms. The van der Waals surface area contributed by atoms with Crippen LogP contribution < -0.4 is 5.32 Å². The molecule has 0 unspecified atom stereocenters. The Morgan fingerprint density at radius 2 is 1.89 bits per heavy atom. The smallest absolute Gasteiger partial charge is 0.436 e. The van der Waals surface area contributed by atoms with Gasteiger partial charge in [-0.25, -0.2) is 14.2 Å². The number of alkyl halides is 3. The number of carbonyl (C=O) groups excluding carboxylic acids is 2. The molecule has 10 heteroatoms. The minimum absolute atomic E-state index is 0.00345. The molecular formula is C18H23F4N3O3. The summed E-state index contributed by atoms with van der Waals surface area (Å²) in [5.41, 5.74) is -2.44. The highest BCUT2D eigenvalue weighted by atomic mass is 19.4. The van der Waals surface area contributed by atoms with E-state index < -0.39 is 47.1 Å². The molecule has 1 aliphatic heterocycles. The van der Waals surface area contributed by atoms with Gasteiger partial charge in [0.15, 0.2) is 11.5 Å². The van der Waals surface area contributed by atoms with Crippen LogP contribution >= 0.6 is 0 Å². The first-order valence-electron chi connectivity index (χ1n) is 8.74. The van der Waals surface area contributed by atoms with Gasteiger partial charge in [-0.3, -0.25) is 9.69 Å². The molecule has 1 aromatic rings. The maximum absolute atomic E-state index is 13.6. The van der Waals surface area contributed by atoms with Gasteiger partial charge < -0.3 is 10.1 Å². The van der Waals surface area contributed by atoms with E-state index in [1.165, 1.54) is 11.8 Å². The van der Waals surface area contributed by atoms with E-state index in [-0.39, 0.29) is 18.0 Å². The summed E-state index contributed by atoms with van der Waals surface area (Å²) < 4.78 is 57.5. The average Bonchev–Trinajstić information content (AvgIpc) is 2.89. The third kappa shape index (κ3) is 5.11. The fourth-order valence-corrected chi connectivity index (χ4v) is 2.92. The largest absolute Gasteiger partial charge is 0.444 e. The summed E-state index contributed by atoms with van der Waals surface area (Å²) in [5.74, 6) is -2.63. The van der Waals surface area contributed by atoms with Crippen LogP contribution in [0.2, 0.25) is 0 Å². The Hall–Kier alpha value is -2.39. The van der Waals surface area contributed by atoms with Gasteiger partial charge in [0.2, 0.25) is 5.91 Å². The van der Waals surface area contributed by atoms with Crippen molar-refractivity contribution >= 4 is 17.8 Å². The molecule has 0 radical (unpaired) electrons. The number of amides is 2. The number of ether oxygens (including phenoxy) is 1. The first kappa shape index (κ1) is 21.9. The van der Waals surface area contributed by atoms with Crippen LogP contribution in [0.5, 0.6) is 0 Å². The number of nitrogens with one attached hydrogen (secondary N) is 1. The van der Waals surface area contributed by atoms with Gasteiger partial charge in [0.25, 0.3) is 0 Å². The lowest BCUT2D eigenvalue weighted by molar-refractivity contribution is -0.143. The van der Waals surface area contributed by atoms with Crippen molar-refractivity contribution in [3.63, 3.8) is 0 Å². The van der Waals surface area contributed by atoms with Crippen molar-refractivity contribution in [2.45, 2.75) is 58.9 Å². The van der Waals surface area contributed by atoms with Crippen LogP contribution in [0, 0.1) is 18.7 Å². The highest BCUT2D eigenvalue weighted by molar-refractivity contribution is 5.96. The number of anilines is 1. The summed E-state index contributed by atoms with van der Waals surface area (Å²) in [6, 6.07) is -0.264. The van der Waals surface area contributed by atoms with E-state index in [2.05, 4.69) is 10.3 Å². The molecule has 2 atom stereocenters. The van der Waals surface area contributed by atoms with Crippen LogP contribution in [0.1, 0.15) is 45.4 Å². The van der Waals surface area contributed by atoms with Crippen molar-refractivity contribution in [2.24, 2.45) is 5.92 Å². The van der Waals surface area contributed by atoms with Crippen LogP contribution in [-0.4, -0.2) is 40.1 Å². The standard InChI is InChI=1S/C18H23F4N3O3/c1-9-6-12(25(8-9)16(27)28-17(3,4)5)15(26)24-14-10(2)7-11(19)13(23-14)18(20,21)22/h7,9,12H,6,8H2,1-5H3,(H,23,24,26)/t9-,12-/m0/s1. The predicted molar refractivity (Wildman–Crippen MR) is 93.1 cm³/mol. The number of pyridine rings is 1. The molecule has 2 heterocycles. The Labute approximate surface area is 160 Å². The molecule has 2 rings (SSSR count). The summed E-state index contributed by atoms with van der Waals surface area (Å²) in [5, 5.41) is 2.29. The zero-order valence-corrected chi connectivity index (χ0v) is 16.3. The Morgan fingerprint density at radius 3 is 2.43 bits per heavy atom. The Morgan fingerprint density at radius 1 is 1.29 bits per heavy atom. The van der Waals surface area contributed by atoms with Crippen LogP contribution in [0.3, 0.4) is 0 Å². The van der Waals surface area contributed by atoms with Crippen molar-refractivity contribution < 1.29 is 31.9 Å². The predicted octanol–water partition coefficient (Wildman–Crippen LogP) is 4.13. The van der Waals surface area contributed by atoms with Gasteiger partial charge in [-0.2, -0.15) is 13.2 Å². The van der Waals surface area contributed by atoms with Gasteiger partial charge >= 0.3 is 12.3 Å². The topological polar surface area (TPSA) is 71.5 Å². The molecule has 1 N–H and O–H groups in total. The van der Waals surface area contributed by atoms with Crippen LogP contribution in [0.4, 0.5) is 28.2 Å². The highest BCUT2D eigenvalue weighted by Gasteiger charge is 2.41. The van der Waals surface area contributed by atoms with E-state index in [1.54, 1.807) is 20.8 Å². The number of halogens is 4. The Balaban J connectivity index is 2.25. The molecule has 2 amide bonds. The molecule has 0 aromatic carbocycles. The number of carbonyl (C=O) groups is 2. The summed E-state index contributed by atoms with van der Waals surface area (Å²) >= 11 is 0. The quantitative estimate of drug-likeness (QED) is 0.751. The minimum Gasteiger partial charge on any atom is -0.444 e. The van der Waals surface area contributed by atoms with Gasteiger partial charge in [0, 0.05) is 6.54 Å². The second-order valence-corrected chi connectivity index (χ2v) is 7.96. The lowest BCUT2D eigenvalue weighted by atomic mass is 10.1. The molecule has 1 aromatic heterocycles. The van der Waals surface area contributed by atoms with Gasteiger partial charge in [0.05, 0.1) is 0 Å². The first-order chi connectivity index (χ1) is 12.7. The third-order valence-electron chi connectivity index (χ3n) is 4.12. The molecule has 156 valence electrons. The van der Waals surface area contributed by atoms with E-state index in [1.807, 2.05) is 6.92 Å². The second kappa shape index (κ2) is 7.56. The zero-order valence-electron chi connectivity index (χ0n) is 16.3. The van der Waals surface area contributed by atoms with Gasteiger partial charge in [0.1, 0.15) is 17.5 Å². The van der Waals surface area contributed by atoms with Crippen molar-refractivity contribution in [2.75, 3.05) is 11.9 Å². The maximum Gasteiger partial charge on any atom is 0.436 e. The van der Waals surface area contributed by atoms with Gasteiger partial charge in [-0.1, -0.05) is 6.92 Å². The molecular weight excluding hydrogens is 382 g/mol. The summed E-state index contributed by atoms with van der Waals surface area (Å²) in [6.45, 7) is 8.50. The number of aryl methyl sites for hydroxylation is 1. The van der Waals surface area contributed by atoms with E-state index in [9.17, 15) is 27.2 Å². The molecule has 1 fully saturated rings. The average molecular weight is 405 g/mol. The Bertz CT molecular complexity index is 775. The fourth-order valence-electron chi connectivity index (χ4n) is 2.92. The van der Waals surface area contributed by atoms with Crippen molar-refractivity contribution in [1.82, 2.24) is 9.88 Å². The zero-order chi connectivity index (χ0) is 21.4. The third-order valence-corrected chi connectivity index (χ3v) is 4.12. The second-order valence-electron chi connectivity index (χ2n) is 7.96. The van der Waals surface area contributed by atoms with Crippen LogP contribution in [-0.2, 0) is 15.7 Å². The summed E-state index contributed by atoms with van der Waals surface area (Å²) in [4.78, 5) is 29.5. The van der Waals surface area contributed by atoms with Crippen molar-refractivity contribution in [1.29, 1.82) is 0 Å². The van der Waals surface area contributed by atoms with E-state index in [0.717, 1.165) is 0 Å². The van der Waals surface area contributed by atoms with Crippen molar-refractivity contribution in [3.05, 3.63) is 23.1 Å². The van der Waals surface area contributed by atoms with Gasteiger partial charge in [-0.15, -0.1) is 0 Å². The van der Waals surface area contributed by atoms with E-state index >= 15 is 0 Å². The molecule has 28 heavy (non-hydrogen) atoms. The number of hydrogen-bond donors (Lipinski definition) is 1. The van der Waals surface area contributed by atoms with Gasteiger partial charge in [-0.05, 0) is 51.7 Å². The molecule has 6 nitrogen and oxygen atoms in total. The van der Waals surface area contributed by atoms with Crippen LogP contribution in [0.25, 0.3) is 0 Å². The minimum atomic E-state index is -5.00. The van der Waals surface area contributed by atoms with Crippen molar-refractivity contribution in [3.8, 4) is 0 Å². The first-order valence-corrected chi connectivity index (χ1v) is 8.74. The molecule has 0 aliphatic carbocycles. The van der Waals surface area contributed by atoms with E-state index in [0.29, 0.717) is 12.5 Å². The monoisotopic (exact) mass is 405 g/mol. The molecule has 1 saturated heterocycles. The van der Waals surface area contributed by atoms with E-state index in [4.69, 9.17) is 4.74 Å². The number of aromatic nitrogens is 1. The normalized spacial score (nSPS) is 20.2. The molecule has 0 saturated carbocycles.